The lowest BCUT2D eigenvalue weighted by Gasteiger charge is -2.18. The summed E-state index contributed by atoms with van der Waals surface area (Å²) in [6.07, 6.45) is 94.9. The van der Waals surface area contributed by atoms with Gasteiger partial charge in [0.2, 0.25) is 0 Å². The van der Waals surface area contributed by atoms with Crippen LogP contribution in [0.15, 0.2) is 170 Å². The summed E-state index contributed by atoms with van der Waals surface area (Å²) < 4.78 is 16.8. The van der Waals surface area contributed by atoms with Gasteiger partial charge in [-0.2, -0.15) is 0 Å². The fraction of sp³-hybridized carbons (Fsp3) is 0.569. The van der Waals surface area contributed by atoms with Crippen molar-refractivity contribution < 1.29 is 28.6 Å². The van der Waals surface area contributed by atoms with E-state index in [1.807, 2.05) is 0 Å². The smallest absolute Gasteiger partial charge is 0.306 e. The third-order valence-corrected chi connectivity index (χ3v) is 12.4. The highest BCUT2D eigenvalue weighted by atomic mass is 16.6. The highest BCUT2D eigenvalue weighted by Gasteiger charge is 2.19. The van der Waals surface area contributed by atoms with Crippen LogP contribution in [0.4, 0.5) is 0 Å². The third-order valence-electron chi connectivity index (χ3n) is 12.4. The number of hydrogen-bond donors (Lipinski definition) is 0. The van der Waals surface area contributed by atoms with Crippen molar-refractivity contribution in [2.24, 2.45) is 0 Å². The molecule has 0 radical (unpaired) electrons. The first kappa shape index (κ1) is 72.8. The van der Waals surface area contributed by atoms with Crippen LogP contribution in [0.2, 0.25) is 0 Å². The maximum atomic E-state index is 12.9. The number of hydrogen-bond acceptors (Lipinski definition) is 6. The van der Waals surface area contributed by atoms with Gasteiger partial charge in [0.15, 0.2) is 6.10 Å². The van der Waals surface area contributed by atoms with E-state index in [2.05, 4.69) is 191 Å². The second kappa shape index (κ2) is 64.3. The van der Waals surface area contributed by atoms with Gasteiger partial charge in [-0.05, 0) is 154 Å². The summed E-state index contributed by atoms with van der Waals surface area (Å²) in [7, 11) is 0. The minimum atomic E-state index is -0.829. The Hall–Kier alpha value is -5.23. The first-order valence-corrected chi connectivity index (χ1v) is 31.1. The van der Waals surface area contributed by atoms with Crippen LogP contribution >= 0.6 is 0 Å². The van der Waals surface area contributed by atoms with Gasteiger partial charge in [0.05, 0.1) is 0 Å². The van der Waals surface area contributed by atoms with Crippen LogP contribution in [0, 0.1) is 0 Å². The van der Waals surface area contributed by atoms with E-state index in [4.69, 9.17) is 14.2 Å². The van der Waals surface area contributed by atoms with Crippen LogP contribution < -0.4 is 0 Å². The molecule has 0 bridgehead atoms. The Morgan fingerprint density at radius 2 is 0.500 bits per heavy atom. The van der Waals surface area contributed by atoms with Crippen LogP contribution in [-0.2, 0) is 28.6 Å². The van der Waals surface area contributed by atoms with Crippen molar-refractivity contribution in [2.45, 2.75) is 252 Å². The molecule has 0 amide bonds. The molecule has 0 rings (SSSR count). The largest absolute Gasteiger partial charge is 0.462 e. The van der Waals surface area contributed by atoms with E-state index < -0.39 is 6.10 Å². The number of carbonyl (C=O) groups excluding carboxylic acids is 3. The number of carbonyl (C=O) groups is 3. The van der Waals surface area contributed by atoms with Crippen molar-refractivity contribution in [3.05, 3.63) is 170 Å². The maximum absolute atomic E-state index is 12.9. The van der Waals surface area contributed by atoms with Gasteiger partial charge in [-0.15, -0.1) is 0 Å². The summed E-state index contributed by atoms with van der Waals surface area (Å²) in [4.78, 5) is 38.3. The van der Waals surface area contributed by atoms with E-state index in [0.717, 1.165) is 154 Å². The molecule has 78 heavy (non-hydrogen) atoms. The van der Waals surface area contributed by atoms with Gasteiger partial charge in [-0.3, -0.25) is 14.4 Å². The monoisotopic (exact) mass is 1070 g/mol. The molecule has 436 valence electrons. The summed E-state index contributed by atoms with van der Waals surface area (Å²) in [6, 6.07) is 0. The predicted octanol–water partition coefficient (Wildman–Crippen LogP) is 21.5. The van der Waals surface area contributed by atoms with Crippen molar-refractivity contribution in [1.82, 2.24) is 0 Å². The Balaban J connectivity index is 4.56. The van der Waals surface area contributed by atoms with E-state index in [1.54, 1.807) is 0 Å². The highest BCUT2D eigenvalue weighted by Crippen LogP contribution is 2.13. The molecule has 0 saturated heterocycles. The number of rotatable bonds is 54. The molecule has 6 heteroatoms. The zero-order valence-corrected chi connectivity index (χ0v) is 49.9. The molecule has 1 atom stereocenters. The SMILES string of the molecule is CC/C=C\C/C=C\C/C=C\C/C=C\C/C=C\C/C=C\C/C=C\CCCCCC(=O)OCC(COC(=O)CCCCCCC/C=C\CCCCCCC)OC(=O)CCCC/C=C\C/C=C\C/C=C\C/C=C\C/C=C\C/C=C\CC. The molecule has 1 unspecified atom stereocenters. The third kappa shape index (κ3) is 61.6. The van der Waals surface area contributed by atoms with Crippen LogP contribution in [0.1, 0.15) is 245 Å². The molecule has 0 aromatic carbocycles. The summed E-state index contributed by atoms with van der Waals surface area (Å²) in [5.74, 6) is -1.01. The van der Waals surface area contributed by atoms with E-state index in [-0.39, 0.29) is 37.5 Å². The first-order valence-electron chi connectivity index (χ1n) is 31.1. The van der Waals surface area contributed by atoms with E-state index in [9.17, 15) is 14.4 Å². The van der Waals surface area contributed by atoms with Crippen molar-refractivity contribution in [3.63, 3.8) is 0 Å². The molecule has 0 aromatic heterocycles. The molecule has 0 heterocycles. The molecular weight excluding hydrogens is 961 g/mol. The molecule has 6 nitrogen and oxygen atoms in total. The summed E-state index contributed by atoms with van der Waals surface area (Å²) in [6.45, 7) is 6.32. The van der Waals surface area contributed by atoms with Gasteiger partial charge in [0.25, 0.3) is 0 Å². The number of esters is 3. The Labute approximate surface area is 479 Å². The van der Waals surface area contributed by atoms with Gasteiger partial charge in [0, 0.05) is 19.3 Å². The molecule has 0 N–H and O–H groups in total. The van der Waals surface area contributed by atoms with Crippen molar-refractivity contribution in [3.8, 4) is 0 Å². The van der Waals surface area contributed by atoms with Gasteiger partial charge >= 0.3 is 17.9 Å². The quantitative estimate of drug-likeness (QED) is 0.0261. The fourth-order valence-corrected chi connectivity index (χ4v) is 7.83. The Morgan fingerprint density at radius 3 is 0.833 bits per heavy atom. The second-order valence-corrected chi connectivity index (χ2v) is 19.8. The Morgan fingerprint density at radius 1 is 0.269 bits per heavy atom. The Kier molecular flexibility index (Phi) is 60.0. The van der Waals surface area contributed by atoms with Crippen LogP contribution in [0.25, 0.3) is 0 Å². The molecule has 0 aromatic rings. The second-order valence-electron chi connectivity index (χ2n) is 19.8. The number of unbranched alkanes of at least 4 members (excludes halogenated alkanes) is 15. The highest BCUT2D eigenvalue weighted by molar-refractivity contribution is 5.71. The van der Waals surface area contributed by atoms with E-state index >= 15 is 0 Å². The molecule has 0 saturated carbocycles. The molecule has 0 aliphatic heterocycles. The number of allylic oxidation sites excluding steroid dienone is 28. The van der Waals surface area contributed by atoms with Crippen LogP contribution in [-0.4, -0.2) is 37.2 Å². The standard InChI is InChI=1S/C72H112O6/c1-4-7-10-13-16-19-22-25-28-30-32-34-35-36-37-39-40-42-44-47-50-53-56-59-62-65-71(74)77-68-69(67-76-70(73)64-61-58-55-52-49-46-27-24-21-18-15-12-9-6-3)78-72(75)66-63-60-57-54-51-48-45-43-41-38-33-31-29-26-23-20-17-14-11-8-5-2/h7-8,10-11,16-17,19-20,24-29,32-34,36-38,40,42-43,45,47,50-51,54,69H,4-6,9,12-15,18,21-23,30-31,35,39,41,44,46,48-49,52-53,55-68H2,1-3H3/b10-7-,11-8-,19-16-,20-17-,27-24-,28-25-,29-26-,34-32-,37-36-,38-33-,42-40-,45-43-,50-47-,54-51-. The normalized spacial score (nSPS) is 13.3. The first-order chi connectivity index (χ1) is 38.5. The predicted molar refractivity (Wildman–Crippen MR) is 338 cm³/mol. The summed E-state index contributed by atoms with van der Waals surface area (Å²) in [5, 5.41) is 0. The topological polar surface area (TPSA) is 78.9 Å². The van der Waals surface area contributed by atoms with Crippen molar-refractivity contribution >= 4 is 17.9 Å². The van der Waals surface area contributed by atoms with Gasteiger partial charge in [-0.1, -0.05) is 242 Å². The average Bonchev–Trinajstić information content (AvgIpc) is 3.44. The lowest BCUT2D eigenvalue weighted by atomic mass is 10.1. The maximum Gasteiger partial charge on any atom is 0.306 e. The zero-order valence-electron chi connectivity index (χ0n) is 49.9. The van der Waals surface area contributed by atoms with E-state index in [1.165, 1.54) is 44.9 Å². The zero-order chi connectivity index (χ0) is 56.4. The molecule has 0 aliphatic rings. The molecule has 0 fully saturated rings. The van der Waals surface area contributed by atoms with Crippen LogP contribution in [0.3, 0.4) is 0 Å². The Bertz CT molecular complexity index is 1810. The van der Waals surface area contributed by atoms with Gasteiger partial charge in [-0.25, -0.2) is 0 Å². The molecular formula is C72H112O6. The minimum Gasteiger partial charge on any atom is -0.462 e. The lowest BCUT2D eigenvalue weighted by Crippen LogP contribution is -2.30. The molecule has 0 aliphatic carbocycles. The van der Waals surface area contributed by atoms with Gasteiger partial charge < -0.3 is 14.2 Å². The minimum absolute atomic E-state index is 0.119. The molecule has 0 spiro atoms. The van der Waals surface area contributed by atoms with Crippen molar-refractivity contribution in [2.75, 3.05) is 13.2 Å². The summed E-state index contributed by atoms with van der Waals surface area (Å²) >= 11 is 0. The lowest BCUT2D eigenvalue weighted by molar-refractivity contribution is -0.167. The van der Waals surface area contributed by atoms with E-state index in [0.29, 0.717) is 19.3 Å². The van der Waals surface area contributed by atoms with Gasteiger partial charge in [0.1, 0.15) is 13.2 Å². The average molecular weight is 1070 g/mol. The van der Waals surface area contributed by atoms with Crippen LogP contribution in [0.5, 0.6) is 0 Å². The fourth-order valence-electron chi connectivity index (χ4n) is 7.83. The number of ether oxygens (including phenoxy) is 3. The summed E-state index contributed by atoms with van der Waals surface area (Å²) in [5.41, 5.74) is 0. The van der Waals surface area contributed by atoms with Crippen molar-refractivity contribution in [1.29, 1.82) is 0 Å².